The average molecular weight is 479 g/mol. The molecule has 5 rings (SSSR count). The lowest BCUT2D eigenvalue weighted by molar-refractivity contribution is 0.0971. The Balaban J connectivity index is 1.78. The number of carbonyl (C=O) groups is 1. The summed E-state index contributed by atoms with van der Waals surface area (Å²) in [5.74, 6) is -0.303. The van der Waals surface area contributed by atoms with E-state index in [0.29, 0.717) is 26.7 Å². The van der Waals surface area contributed by atoms with Gasteiger partial charge >= 0.3 is 0 Å². The van der Waals surface area contributed by atoms with Crippen LogP contribution in [0.1, 0.15) is 64.6 Å². The summed E-state index contributed by atoms with van der Waals surface area (Å²) >= 11 is 7.60. The van der Waals surface area contributed by atoms with E-state index in [9.17, 15) is 9.59 Å². The first-order valence-electron chi connectivity index (χ1n) is 10.7. The molecule has 1 atom stereocenters. The van der Waals surface area contributed by atoms with Gasteiger partial charge in [0.15, 0.2) is 10.6 Å². The Bertz CT molecular complexity index is 1460. The number of halogens is 1. The van der Waals surface area contributed by atoms with Crippen molar-refractivity contribution >= 4 is 44.9 Å². The van der Waals surface area contributed by atoms with Crippen molar-refractivity contribution in [2.24, 2.45) is 0 Å². The molecule has 0 saturated heterocycles. The quantitative estimate of drug-likeness (QED) is 0.327. The van der Waals surface area contributed by atoms with Gasteiger partial charge in [0.25, 0.3) is 5.91 Å². The fraction of sp³-hybridized carbons (Fsp3) is 0.269. The van der Waals surface area contributed by atoms with Gasteiger partial charge in [0.1, 0.15) is 5.58 Å². The van der Waals surface area contributed by atoms with Gasteiger partial charge in [0, 0.05) is 9.90 Å². The van der Waals surface area contributed by atoms with Crippen molar-refractivity contribution in [1.29, 1.82) is 0 Å². The smallest absolute Gasteiger partial charge is 0.297 e. The maximum absolute atomic E-state index is 13.7. The van der Waals surface area contributed by atoms with Gasteiger partial charge in [-0.15, -0.1) is 11.3 Å². The molecule has 1 amide bonds. The first-order valence-corrected chi connectivity index (χ1v) is 11.9. The molecule has 0 N–H and O–H groups in total. The number of anilines is 1. The molecule has 1 aliphatic rings. The topological polar surface area (TPSA) is 63.4 Å². The molecule has 0 saturated carbocycles. The van der Waals surface area contributed by atoms with Crippen LogP contribution in [-0.4, -0.2) is 10.9 Å². The van der Waals surface area contributed by atoms with Crippen LogP contribution in [0.5, 0.6) is 0 Å². The van der Waals surface area contributed by atoms with Crippen molar-refractivity contribution in [2.45, 2.75) is 46.1 Å². The number of nitrogens with zero attached hydrogens (tertiary/aromatic N) is 2. The number of carbonyl (C=O) groups excluding carboxylic acids is 1. The highest BCUT2D eigenvalue weighted by molar-refractivity contribution is 7.15. The maximum Gasteiger partial charge on any atom is 0.297 e. The van der Waals surface area contributed by atoms with Gasteiger partial charge in [0.2, 0.25) is 5.76 Å². The van der Waals surface area contributed by atoms with Crippen LogP contribution in [0.3, 0.4) is 0 Å². The van der Waals surface area contributed by atoms with E-state index < -0.39 is 6.04 Å². The van der Waals surface area contributed by atoms with E-state index in [2.05, 4.69) is 25.8 Å². The van der Waals surface area contributed by atoms with E-state index in [4.69, 9.17) is 16.0 Å². The predicted octanol–water partition coefficient (Wildman–Crippen LogP) is 6.57. The van der Waals surface area contributed by atoms with E-state index in [-0.39, 0.29) is 22.5 Å². The fourth-order valence-electron chi connectivity index (χ4n) is 4.18. The number of thiazole rings is 1. The summed E-state index contributed by atoms with van der Waals surface area (Å²) in [4.78, 5) is 34.5. The molecule has 5 nitrogen and oxygen atoms in total. The van der Waals surface area contributed by atoms with Crippen molar-refractivity contribution < 1.29 is 9.21 Å². The Hall–Kier alpha value is -2.96. The molecular formula is C26H23ClN2O3S. The zero-order valence-corrected chi connectivity index (χ0v) is 20.6. The maximum atomic E-state index is 13.7. The van der Waals surface area contributed by atoms with Crippen LogP contribution in [0.15, 0.2) is 51.7 Å². The molecule has 0 fully saturated rings. The molecule has 0 aliphatic carbocycles. The van der Waals surface area contributed by atoms with Crippen LogP contribution >= 0.6 is 22.9 Å². The number of hydrogen-bond acceptors (Lipinski definition) is 5. The van der Waals surface area contributed by atoms with E-state index in [1.54, 1.807) is 23.1 Å². The molecule has 7 heteroatoms. The number of fused-ring (bicyclic) bond motifs is 2. The largest absolute Gasteiger partial charge is 0.450 e. The molecule has 0 bridgehead atoms. The van der Waals surface area contributed by atoms with E-state index in [1.165, 1.54) is 16.9 Å². The third-order valence-corrected chi connectivity index (χ3v) is 7.46. The lowest BCUT2D eigenvalue weighted by Gasteiger charge is -2.24. The summed E-state index contributed by atoms with van der Waals surface area (Å²) in [6.45, 7) is 10.3. The number of rotatable bonds is 2. The summed E-state index contributed by atoms with van der Waals surface area (Å²) in [5, 5.41) is 1.35. The molecule has 2 aromatic heterocycles. The summed E-state index contributed by atoms with van der Waals surface area (Å²) in [6, 6.07) is 12.3. The van der Waals surface area contributed by atoms with Crippen LogP contribution in [0.4, 0.5) is 5.13 Å². The Labute approximate surface area is 200 Å². The van der Waals surface area contributed by atoms with Gasteiger partial charge in [-0.1, -0.05) is 56.6 Å². The van der Waals surface area contributed by atoms with Crippen molar-refractivity contribution in [3.8, 4) is 0 Å². The molecular weight excluding hydrogens is 456 g/mol. The number of amides is 1. The number of benzene rings is 2. The Morgan fingerprint density at radius 3 is 2.36 bits per heavy atom. The first kappa shape index (κ1) is 21.9. The van der Waals surface area contributed by atoms with Gasteiger partial charge in [-0.05, 0) is 48.6 Å². The fourth-order valence-corrected chi connectivity index (χ4v) is 5.29. The molecule has 1 unspecified atom stereocenters. The number of aromatic nitrogens is 1. The second kappa shape index (κ2) is 7.54. The van der Waals surface area contributed by atoms with Gasteiger partial charge in [0.05, 0.1) is 22.7 Å². The molecule has 0 spiro atoms. The van der Waals surface area contributed by atoms with E-state index in [1.807, 2.05) is 38.1 Å². The number of hydrogen-bond donors (Lipinski definition) is 0. The average Bonchev–Trinajstić information content (AvgIpc) is 3.24. The SMILES string of the molecule is Cc1nc(N2C(=O)c3oc4ccc(Cl)cc4c(=O)c3C2c2ccc(C(C)(C)C)cc2)sc1C. The normalized spacial score (nSPS) is 16.0. The molecule has 3 heterocycles. The van der Waals surface area contributed by atoms with Crippen LogP contribution in [0.2, 0.25) is 5.02 Å². The lowest BCUT2D eigenvalue weighted by atomic mass is 9.86. The summed E-state index contributed by atoms with van der Waals surface area (Å²) in [5.41, 5.74) is 3.25. The minimum Gasteiger partial charge on any atom is -0.450 e. The van der Waals surface area contributed by atoms with Gasteiger partial charge < -0.3 is 4.42 Å². The molecule has 168 valence electrons. The molecule has 0 radical (unpaired) electrons. The minimum absolute atomic E-state index is 0.0167. The minimum atomic E-state index is -0.633. The Kier molecular flexibility index (Phi) is 4.99. The van der Waals surface area contributed by atoms with Crippen LogP contribution in [0, 0.1) is 13.8 Å². The van der Waals surface area contributed by atoms with Crippen LogP contribution in [-0.2, 0) is 5.41 Å². The highest BCUT2D eigenvalue weighted by atomic mass is 35.5. The summed E-state index contributed by atoms with van der Waals surface area (Å²) < 4.78 is 6.00. The highest BCUT2D eigenvalue weighted by Gasteiger charge is 2.45. The second-order valence-corrected chi connectivity index (χ2v) is 11.0. The molecule has 33 heavy (non-hydrogen) atoms. The van der Waals surface area contributed by atoms with Crippen molar-refractivity contribution in [2.75, 3.05) is 4.90 Å². The lowest BCUT2D eigenvalue weighted by Crippen LogP contribution is -2.29. The van der Waals surface area contributed by atoms with Crippen LogP contribution in [0.25, 0.3) is 11.0 Å². The molecule has 1 aliphatic heterocycles. The number of aryl methyl sites for hydroxylation is 2. The van der Waals surface area contributed by atoms with Crippen LogP contribution < -0.4 is 10.3 Å². The van der Waals surface area contributed by atoms with Crippen molar-refractivity contribution in [3.05, 3.63) is 90.7 Å². The predicted molar refractivity (Wildman–Crippen MR) is 133 cm³/mol. The first-order chi connectivity index (χ1) is 15.6. The van der Waals surface area contributed by atoms with Crippen molar-refractivity contribution in [3.63, 3.8) is 0 Å². The van der Waals surface area contributed by atoms with Gasteiger partial charge in [-0.2, -0.15) is 0 Å². The third-order valence-electron chi connectivity index (χ3n) is 6.15. The monoisotopic (exact) mass is 478 g/mol. The van der Waals surface area contributed by atoms with E-state index >= 15 is 0 Å². The summed E-state index contributed by atoms with van der Waals surface area (Å²) in [6.07, 6.45) is 0. The third kappa shape index (κ3) is 3.49. The van der Waals surface area contributed by atoms with Gasteiger partial charge in [-0.25, -0.2) is 4.98 Å². The van der Waals surface area contributed by atoms with Gasteiger partial charge in [-0.3, -0.25) is 14.5 Å². The second-order valence-electron chi connectivity index (χ2n) is 9.40. The molecule has 2 aromatic carbocycles. The zero-order valence-electron chi connectivity index (χ0n) is 19.0. The Morgan fingerprint density at radius 1 is 1.06 bits per heavy atom. The summed E-state index contributed by atoms with van der Waals surface area (Å²) in [7, 11) is 0. The van der Waals surface area contributed by atoms with E-state index in [0.717, 1.165) is 16.1 Å². The Morgan fingerprint density at radius 2 is 1.76 bits per heavy atom. The zero-order chi connectivity index (χ0) is 23.7. The highest BCUT2D eigenvalue weighted by Crippen LogP contribution is 2.43. The molecule has 4 aromatic rings. The van der Waals surface area contributed by atoms with Crippen molar-refractivity contribution in [1.82, 2.24) is 4.98 Å². The standard InChI is InChI=1S/C26H23ClN2O3S/c1-13-14(2)33-25(28-13)29-21(15-6-8-16(9-7-15)26(3,4)5)20-22(30)18-12-17(27)10-11-19(18)32-23(20)24(29)31/h6-12,21H,1-5H3.